The van der Waals surface area contributed by atoms with E-state index in [4.69, 9.17) is 0 Å². The van der Waals surface area contributed by atoms with Gasteiger partial charge >= 0.3 is 5.97 Å². The van der Waals surface area contributed by atoms with Gasteiger partial charge in [0.25, 0.3) is 0 Å². The summed E-state index contributed by atoms with van der Waals surface area (Å²) >= 11 is 0. The zero-order chi connectivity index (χ0) is 18.8. The van der Waals surface area contributed by atoms with E-state index in [1.54, 1.807) is 11.2 Å². The number of carbonyl (C=O) groups excluding carboxylic acids is 1. The van der Waals surface area contributed by atoms with Gasteiger partial charge in [-0.05, 0) is 37.3 Å². The fraction of sp³-hybridized carbons (Fsp3) is 0.500. The van der Waals surface area contributed by atoms with Crippen LogP contribution in [0.2, 0.25) is 0 Å². The minimum atomic E-state index is -0.884. The predicted octanol–water partition coefficient (Wildman–Crippen LogP) is 2.44. The van der Waals surface area contributed by atoms with Crippen LogP contribution in [0, 0.1) is 5.92 Å². The summed E-state index contributed by atoms with van der Waals surface area (Å²) in [6, 6.07) is 9.14. The van der Waals surface area contributed by atoms with Crippen molar-refractivity contribution in [2.75, 3.05) is 0 Å². The van der Waals surface area contributed by atoms with Crippen molar-refractivity contribution >= 4 is 11.9 Å². The summed E-state index contributed by atoms with van der Waals surface area (Å²) in [7, 11) is 0. The van der Waals surface area contributed by atoms with Crippen LogP contribution in [0.1, 0.15) is 44.3 Å². The molecule has 0 unspecified atom stereocenters. The number of aryl methyl sites for hydroxylation is 1. The molecule has 7 heteroatoms. The van der Waals surface area contributed by atoms with Gasteiger partial charge < -0.3 is 10.0 Å². The average molecular weight is 368 g/mol. The molecule has 2 aromatic rings. The molecule has 1 aromatic heterocycles. The van der Waals surface area contributed by atoms with Gasteiger partial charge in [0.15, 0.2) is 0 Å². The highest BCUT2D eigenvalue weighted by atomic mass is 16.4. The molecular weight excluding hydrogens is 344 g/mol. The Hall–Kier alpha value is -2.70. The molecule has 0 spiro atoms. The first-order chi connectivity index (χ1) is 13.1. The van der Waals surface area contributed by atoms with Crippen LogP contribution in [0.3, 0.4) is 0 Å². The number of carboxylic acids is 1. The van der Waals surface area contributed by atoms with Gasteiger partial charge in [-0.3, -0.25) is 9.36 Å². The van der Waals surface area contributed by atoms with E-state index < -0.39 is 12.0 Å². The summed E-state index contributed by atoms with van der Waals surface area (Å²) in [6.07, 6.45) is 7.07. The van der Waals surface area contributed by atoms with Gasteiger partial charge in [-0.1, -0.05) is 31.0 Å². The molecule has 142 valence electrons. The lowest BCUT2D eigenvalue weighted by Crippen LogP contribution is -2.46. The SMILES string of the molecule is O=C(O)[C@@H]1C[C@H]2CCCC[C@@H]2N1C(=O)CCc1nncn1-c1ccccc1. The lowest BCUT2D eigenvalue weighted by molar-refractivity contribution is -0.149. The number of fused-ring (bicyclic) bond motifs is 1. The van der Waals surface area contributed by atoms with Gasteiger partial charge in [0.05, 0.1) is 0 Å². The van der Waals surface area contributed by atoms with E-state index in [2.05, 4.69) is 10.2 Å². The van der Waals surface area contributed by atoms with Crippen molar-refractivity contribution in [2.45, 2.75) is 57.0 Å². The Morgan fingerprint density at radius 1 is 1.15 bits per heavy atom. The van der Waals surface area contributed by atoms with Crippen LogP contribution in [-0.2, 0) is 16.0 Å². The quantitative estimate of drug-likeness (QED) is 0.876. The molecule has 1 aliphatic carbocycles. The van der Waals surface area contributed by atoms with Gasteiger partial charge in [0.1, 0.15) is 18.2 Å². The molecule has 1 saturated carbocycles. The predicted molar refractivity (Wildman–Crippen MR) is 98.3 cm³/mol. The highest BCUT2D eigenvalue weighted by Crippen LogP contribution is 2.40. The molecule has 27 heavy (non-hydrogen) atoms. The zero-order valence-electron chi connectivity index (χ0n) is 15.2. The van der Waals surface area contributed by atoms with E-state index in [-0.39, 0.29) is 18.4 Å². The number of hydrogen-bond acceptors (Lipinski definition) is 4. The second kappa shape index (κ2) is 7.50. The largest absolute Gasteiger partial charge is 0.480 e. The average Bonchev–Trinajstić information content (AvgIpc) is 3.31. The summed E-state index contributed by atoms with van der Waals surface area (Å²) in [4.78, 5) is 26.3. The molecule has 1 saturated heterocycles. The normalized spacial score (nSPS) is 24.6. The van der Waals surface area contributed by atoms with E-state index in [9.17, 15) is 14.7 Å². The summed E-state index contributed by atoms with van der Waals surface area (Å²) in [6.45, 7) is 0. The Kier molecular flexibility index (Phi) is 4.92. The Bertz CT molecular complexity index is 820. The van der Waals surface area contributed by atoms with Gasteiger partial charge in [-0.15, -0.1) is 10.2 Å². The zero-order valence-corrected chi connectivity index (χ0v) is 15.2. The maximum Gasteiger partial charge on any atom is 0.326 e. The van der Waals surface area contributed by atoms with E-state index in [0.717, 1.165) is 31.4 Å². The lowest BCUT2D eigenvalue weighted by Gasteiger charge is -2.33. The van der Waals surface area contributed by atoms with Crippen LogP contribution in [-0.4, -0.2) is 48.7 Å². The fourth-order valence-corrected chi connectivity index (χ4v) is 4.62. The third-order valence-corrected chi connectivity index (χ3v) is 5.88. The molecule has 7 nitrogen and oxygen atoms in total. The fourth-order valence-electron chi connectivity index (χ4n) is 4.62. The van der Waals surface area contributed by atoms with E-state index in [1.165, 1.54) is 0 Å². The van der Waals surface area contributed by atoms with Crippen LogP contribution >= 0.6 is 0 Å². The summed E-state index contributed by atoms with van der Waals surface area (Å²) in [5.41, 5.74) is 0.946. The van der Waals surface area contributed by atoms with E-state index >= 15 is 0 Å². The Balaban J connectivity index is 1.48. The van der Waals surface area contributed by atoms with Gasteiger partial charge in [0, 0.05) is 24.6 Å². The topological polar surface area (TPSA) is 88.3 Å². The molecule has 3 atom stereocenters. The van der Waals surface area contributed by atoms with Crippen molar-refractivity contribution in [3.8, 4) is 5.69 Å². The van der Waals surface area contributed by atoms with E-state index in [0.29, 0.717) is 24.6 Å². The second-order valence-corrected chi connectivity index (χ2v) is 7.46. The molecular formula is C20H24N4O3. The number of aliphatic carboxylic acids is 1. The molecule has 2 aliphatic rings. The minimum Gasteiger partial charge on any atom is -0.480 e. The third kappa shape index (κ3) is 3.46. The monoisotopic (exact) mass is 368 g/mol. The summed E-state index contributed by atoms with van der Waals surface area (Å²) in [5, 5.41) is 17.7. The van der Waals surface area contributed by atoms with Crippen molar-refractivity contribution < 1.29 is 14.7 Å². The number of rotatable bonds is 5. The van der Waals surface area contributed by atoms with Crippen molar-refractivity contribution in [3.63, 3.8) is 0 Å². The standard InChI is InChI=1S/C20H24N4O3/c25-19(24-16-9-5-4-6-14(16)12-17(24)20(26)27)11-10-18-22-21-13-23(18)15-7-2-1-3-8-15/h1-3,7-8,13-14,16-17H,4-6,9-12H2,(H,26,27)/t14-,16+,17+/m1/s1. The summed E-state index contributed by atoms with van der Waals surface area (Å²) in [5.74, 6) is 0.0715. The number of nitrogens with zero attached hydrogens (tertiary/aromatic N) is 4. The Morgan fingerprint density at radius 3 is 2.70 bits per heavy atom. The number of amides is 1. The molecule has 1 aliphatic heterocycles. The molecule has 0 radical (unpaired) electrons. The molecule has 1 amide bonds. The number of hydrogen-bond donors (Lipinski definition) is 1. The minimum absolute atomic E-state index is 0.0827. The van der Waals surface area contributed by atoms with Crippen molar-refractivity contribution in [1.82, 2.24) is 19.7 Å². The number of carbonyl (C=O) groups is 2. The number of carboxylic acid groups (broad SMARTS) is 1. The van der Waals surface area contributed by atoms with Crippen molar-refractivity contribution in [1.29, 1.82) is 0 Å². The van der Waals surface area contributed by atoms with Crippen LogP contribution in [0.4, 0.5) is 0 Å². The summed E-state index contributed by atoms with van der Waals surface area (Å²) < 4.78 is 1.87. The Morgan fingerprint density at radius 2 is 1.93 bits per heavy atom. The van der Waals surface area contributed by atoms with Gasteiger partial charge in [0.2, 0.25) is 5.91 Å². The molecule has 2 fully saturated rings. The van der Waals surface area contributed by atoms with Gasteiger partial charge in [-0.2, -0.15) is 0 Å². The molecule has 1 N–H and O–H groups in total. The molecule has 4 rings (SSSR count). The Labute approximate surface area is 158 Å². The number of likely N-dealkylation sites (tertiary alicyclic amines) is 1. The molecule has 1 aromatic carbocycles. The van der Waals surface area contributed by atoms with E-state index in [1.807, 2.05) is 34.9 Å². The third-order valence-electron chi connectivity index (χ3n) is 5.88. The smallest absolute Gasteiger partial charge is 0.326 e. The van der Waals surface area contributed by atoms with Crippen LogP contribution in [0.15, 0.2) is 36.7 Å². The molecule has 0 bridgehead atoms. The van der Waals surface area contributed by atoms with Crippen LogP contribution in [0.25, 0.3) is 5.69 Å². The highest BCUT2D eigenvalue weighted by Gasteiger charge is 2.47. The molecule has 2 heterocycles. The second-order valence-electron chi connectivity index (χ2n) is 7.46. The van der Waals surface area contributed by atoms with Crippen molar-refractivity contribution in [3.05, 3.63) is 42.5 Å². The first-order valence-electron chi connectivity index (χ1n) is 9.63. The first-order valence-corrected chi connectivity index (χ1v) is 9.63. The number of aromatic nitrogens is 3. The van der Waals surface area contributed by atoms with Crippen LogP contribution < -0.4 is 0 Å². The van der Waals surface area contributed by atoms with Crippen LogP contribution in [0.5, 0.6) is 0 Å². The van der Waals surface area contributed by atoms with Crippen molar-refractivity contribution in [2.24, 2.45) is 5.92 Å². The number of benzene rings is 1. The van der Waals surface area contributed by atoms with Gasteiger partial charge in [-0.25, -0.2) is 4.79 Å². The lowest BCUT2D eigenvalue weighted by atomic mass is 9.84. The maximum atomic E-state index is 13.0. The number of para-hydroxylation sites is 1. The first kappa shape index (κ1) is 17.7. The maximum absolute atomic E-state index is 13.0. The highest BCUT2D eigenvalue weighted by molar-refractivity contribution is 5.85.